The highest BCUT2D eigenvalue weighted by Gasteiger charge is 2.23. The van der Waals surface area contributed by atoms with Crippen LogP contribution in [0.4, 0.5) is 0 Å². The first-order valence-electron chi connectivity index (χ1n) is 8.62. The Hall–Kier alpha value is -2.74. The summed E-state index contributed by atoms with van der Waals surface area (Å²) in [7, 11) is 0. The lowest BCUT2D eigenvalue weighted by Gasteiger charge is -2.26. The van der Waals surface area contributed by atoms with Crippen LogP contribution in [0, 0.1) is 0 Å². The largest absolute Gasteiger partial charge is 0.261 e. The molecule has 2 nitrogen and oxygen atoms in total. The van der Waals surface area contributed by atoms with Gasteiger partial charge in [-0.1, -0.05) is 42.5 Å². The third kappa shape index (κ3) is 2.03. The first kappa shape index (κ1) is 13.7. The molecule has 0 saturated heterocycles. The van der Waals surface area contributed by atoms with Crippen molar-refractivity contribution in [3.63, 3.8) is 0 Å². The highest BCUT2D eigenvalue weighted by Crippen LogP contribution is 2.41. The summed E-state index contributed by atoms with van der Waals surface area (Å²) in [5.41, 5.74) is 10.9. The van der Waals surface area contributed by atoms with Crippen LogP contribution in [0.1, 0.15) is 28.7 Å². The molecule has 5 rings (SSSR count). The van der Waals surface area contributed by atoms with Gasteiger partial charge in [0.25, 0.3) is 0 Å². The number of aromatic nitrogens is 2. The smallest absolute Gasteiger partial charge is 0.0888 e. The predicted octanol–water partition coefficient (Wildman–Crippen LogP) is 4.87. The summed E-state index contributed by atoms with van der Waals surface area (Å²) in [4.78, 5) is 8.75. The second-order valence-corrected chi connectivity index (χ2v) is 6.52. The van der Waals surface area contributed by atoms with Gasteiger partial charge < -0.3 is 0 Å². The summed E-state index contributed by atoms with van der Waals surface area (Å²) in [6, 6.07) is 11.2. The van der Waals surface area contributed by atoms with Gasteiger partial charge in [-0.15, -0.1) is 0 Å². The monoisotopic (exact) mass is 310 g/mol. The van der Waals surface area contributed by atoms with Crippen molar-refractivity contribution in [2.75, 3.05) is 0 Å². The fraction of sp³-hybridized carbons (Fsp3) is 0.182. The Labute approximate surface area is 141 Å². The van der Waals surface area contributed by atoms with E-state index in [0.717, 1.165) is 25.0 Å². The molecule has 0 N–H and O–H groups in total. The van der Waals surface area contributed by atoms with E-state index >= 15 is 0 Å². The van der Waals surface area contributed by atoms with Crippen molar-refractivity contribution in [3.8, 4) is 22.4 Å². The molecular formula is C22H18N2. The predicted molar refractivity (Wildman–Crippen MR) is 97.7 cm³/mol. The van der Waals surface area contributed by atoms with Crippen molar-refractivity contribution in [1.29, 1.82) is 0 Å². The molecule has 2 heteroatoms. The lowest BCUT2D eigenvalue weighted by atomic mass is 9.78. The molecule has 1 heterocycles. The van der Waals surface area contributed by atoms with E-state index in [4.69, 9.17) is 0 Å². The maximum atomic E-state index is 4.51. The number of benzene rings is 2. The Kier molecular flexibility index (Phi) is 3.08. The molecule has 0 amide bonds. The molecule has 24 heavy (non-hydrogen) atoms. The number of hydrogen-bond acceptors (Lipinski definition) is 2. The number of rotatable bonds is 1. The first-order chi connectivity index (χ1) is 11.9. The van der Waals surface area contributed by atoms with E-state index < -0.39 is 0 Å². The molecule has 0 bridgehead atoms. The van der Waals surface area contributed by atoms with E-state index in [1.54, 1.807) is 23.5 Å². The van der Waals surface area contributed by atoms with Crippen LogP contribution in [-0.2, 0) is 19.3 Å². The van der Waals surface area contributed by atoms with Crippen molar-refractivity contribution in [2.45, 2.75) is 25.7 Å². The van der Waals surface area contributed by atoms with Crippen molar-refractivity contribution < 1.29 is 0 Å². The molecule has 0 aliphatic heterocycles. The number of nitrogens with zero attached hydrogens (tertiary/aromatic N) is 2. The molecule has 2 aliphatic carbocycles. The number of allylic oxidation sites excluding steroid dienone is 1. The lowest BCUT2D eigenvalue weighted by Crippen LogP contribution is -2.11. The number of hydrogen-bond donors (Lipinski definition) is 0. The van der Waals surface area contributed by atoms with E-state index in [2.05, 4.69) is 52.5 Å². The van der Waals surface area contributed by atoms with Gasteiger partial charge in [0, 0.05) is 18.0 Å². The molecule has 0 radical (unpaired) electrons. The summed E-state index contributed by atoms with van der Waals surface area (Å²) in [6.07, 6.45) is 14.5. The average Bonchev–Trinajstić information content (AvgIpc) is 2.67. The fourth-order valence-electron chi connectivity index (χ4n) is 4.17. The van der Waals surface area contributed by atoms with Crippen LogP contribution in [0.3, 0.4) is 0 Å². The SMILES string of the molecule is C1=Cc2ccc3c(c2CC1)CCc1c(-c2cnccn2)cccc1-3. The van der Waals surface area contributed by atoms with Crippen LogP contribution in [0.15, 0.2) is 55.0 Å². The highest BCUT2D eigenvalue weighted by atomic mass is 14.8. The quantitative estimate of drug-likeness (QED) is 0.641. The molecule has 116 valence electrons. The van der Waals surface area contributed by atoms with Gasteiger partial charge >= 0.3 is 0 Å². The van der Waals surface area contributed by atoms with Crippen LogP contribution in [-0.4, -0.2) is 9.97 Å². The highest BCUT2D eigenvalue weighted by molar-refractivity contribution is 5.82. The Balaban J connectivity index is 1.72. The molecule has 3 aromatic rings. The summed E-state index contributed by atoms with van der Waals surface area (Å²) in [5.74, 6) is 0. The van der Waals surface area contributed by atoms with Gasteiger partial charge in [-0.05, 0) is 59.1 Å². The molecule has 0 saturated carbocycles. The molecule has 0 unspecified atom stereocenters. The summed E-state index contributed by atoms with van der Waals surface area (Å²) in [6.45, 7) is 0. The summed E-state index contributed by atoms with van der Waals surface area (Å²) in [5, 5.41) is 0. The van der Waals surface area contributed by atoms with Gasteiger partial charge in [-0.2, -0.15) is 0 Å². The second-order valence-electron chi connectivity index (χ2n) is 6.52. The maximum absolute atomic E-state index is 4.51. The minimum absolute atomic E-state index is 0.971. The van der Waals surface area contributed by atoms with Crippen LogP contribution in [0.2, 0.25) is 0 Å². The Bertz CT molecular complexity index is 955. The molecule has 0 atom stereocenters. The molecule has 1 aromatic heterocycles. The normalized spacial score (nSPS) is 14.7. The lowest BCUT2D eigenvalue weighted by molar-refractivity contribution is 0.888. The third-order valence-electron chi connectivity index (χ3n) is 5.26. The van der Waals surface area contributed by atoms with E-state index in [0.29, 0.717) is 0 Å². The zero-order valence-electron chi connectivity index (χ0n) is 13.5. The van der Waals surface area contributed by atoms with Crippen molar-refractivity contribution in [1.82, 2.24) is 9.97 Å². The van der Waals surface area contributed by atoms with Gasteiger partial charge in [-0.25, -0.2) is 0 Å². The molecule has 2 aromatic carbocycles. The van der Waals surface area contributed by atoms with Crippen LogP contribution in [0.5, 0.6) is 0 Å². The van der Waals surface area contributed by atoms with E-state index in [1.165, 1.54) is 34.2 Å². The van der Waals surface area contributed by atoms with Crippen molar-refractivity contribution in [2.24, 2.45) is 0 Å². The zero-order valence-corrected chi connectivity index (χ0v) is 13.5. The molecule has 2 aliphatic rings. The summed E-state index contributed by atoms with van der Waals surface area (Å²) >= 11 is 0. The topological polar surface area (TPSA) is 25.8 Å². The van der Waals surface area contributed by atoms with E-state index in [1.807, 2.05) is 6.20 Å². The first-order valence-corrected chi connectivity index (χ1v) is 8.62. The fourth-order valence-corrected chi connectivity index (χ4v) is 4.17. The standard InChI is InChI=1S/C22H18N2/c1-2-5-16-15(4-1)8-9-19-17-6-3-7-21(20(17)11-10-18(16)19)22-14-23-12-13-24-22/h1,3-4,6-9,12-14H,2,5,10-11H2. The van der Waals surface area contributed by atoms with Crippen LogP contribution >= 0.6 is 0 Å². The van der Waals surface area contributed by atoms with E-state index in [-0.39, 0.29) is 0 Å². The van der Waals surface area contributed by atoms with Crippen LogP contribution in [0.25, 0.3) is 28.5 Å². The van der Waals surface area contributed by atoms with Crippen LogP contribution < -0.4 is 0 Å². The van der Waals surface area contributed by atoms with Gasteiger partial charge in [0.05, 0.1) is 11.9 Å². The number of fused-ring (bicyclic) bond motifs is 5. The van der Waals surface area contributed by atoms with Crippen molar-refractivity contribution in [3.05, 3.63) is 77.3 Å². The Morgan fingerprint density at radius 3 is 2.54 bits per heavy atom. The minimum Gasteiger partial charge on any atom is -0.261 e. The second kappa shape index (κ2) is 5.41. The van der Waals surface area contributed by atoms with Gasteiger partial charge in [0.15, 0.2) is 0 Å². The Morgan fingerprint density at radius 2 is 1.62 bits per heavy atom. The molecular weight excluding hydrogens is 292 g/mol. The van der Waals surface area contributed by atoms with Gasteiger partial charge in [-0.3, -0.25) is 9.97 Å². The maximum Gasteiger partial charge on any atom is 0.0888 e. The molecule has 0 spiro atoms. The van der Waals surface area contributed by atoms with E-state index in [9.17, 15) is 0 Å². The molecule has 0 fully saturated rings. The Morgan fingerprint density at radius 1 is 0.750 bits per heavy atom. The van der Waals surface area contributed by atoms with Crippen molar-refractivity contribution >= 4 is 6.08 Å². The summed E-state index contributed by atoms with van der Waals surface area (Å²) < 4.78 is 0. The van der Waals surface area contributed by atoms with Gasteiger partial charge in [0.1, 0.15) is 0 Å². The van der Waals surface area contributed by atoms with Gasteiger partial charge in [0.2, 0.25) is 0 Å². The average molecular weight is 310 g/mol. The zero-order chi connectivity index (χ0) is 15.9. The third-order valence-corrected chi connectivity index (χ3v) is 5.26. The minimum atomic E-state index is 0.971.